The minimum atomic E-state index is -0.0315. The number of nitrogens with zero attached hydrogens (tertiary/aromatic N) is 1. The fourth-order valence-corrected chi connectivity index (χ4v) is 2.00. The van der Waals surface area contributed by atoms with Gasteiger partial charge in [0.25, 0.3) is 0 Å². The van der Waals surface area contributed by atoms with E-state index in [1.807, 2.05) is 25.1 Å². The third kappa shape index (κ3) is 3.00. The van der Waals surface area contributed by atoms with Crippen molar-refractivity contribution >= 4 is 17.3 Å². The van der Waals surface area contributed by atoms with E-state index in [1.165, 1.54) is 0 Å². The van der Waals surface area contributed by atoms with Crippen molar-refractivity contribution in [1.29, 1.82) is 0 Å². The van der Waals surface area contributed by atoms with Crippen molar-refractivity contribution in [1.82, 2.24) is 0 Å². The van der Waals surface area contributed by atoms with Gasteiger partial charge in [0.2, 0.25) is 0 Å². The van der Waals surface area contributed by atoms with Crippen LogP contribution in [-0.4, -0.2) is 13.1 Å². The van der Waals surface area contributed by atoms with Gasteiger partial charge in [0.15, 0.2) is 0 Å². The molecule has 0 aliphatic heterocycles. The molecule has 2 N–H and O–H groups in total. The van der Waals surface area contributed by atoms with Crippen LogP contribution in [-0.2, 0) is 0 Å². The molecule has 0 amide bonds. The van der Waals surface area contributed by atoms with Crippen molar-refractivity contribution < 1.29 is 0 Å². The lowest BCUT2D eigenvalue weighted by atomic mass is 10.1. The van der Waals surface area contributed by atoms with Crippen molar-refractivity contribution in [2.45, 2.75) is 19.9 Å². The second kappa shape index (κ2) is 5.92. The standard InChI is InChI=1S/C13H19ClN2/c1-4-8-16(5-2)11-6-7-12(10(3)15)13(14)9-11/h4,6-7,9-10H,1,5,8,15H2,2-3H3. The third-order valence-corrected chi connectivity index (χ3v) is 2.90. The molecule has 88 valence electrons. The van der Waals surface area contributed by atoms with Gasteiger partial charge in [0.05, 0.1) is 0 Å². The number of rotatable bonds is 5. The predicted molar refractivity (Wildman–Crippen MR) is 72.1 cm³/mol. The van der Waals surface area contributed by atoms with Crippen molar-refractivity contribution in [2.24, 2.45) is 5.73 Å². The molecule has 0 saturated heterocycles. The molecule has 1 unspecified atom stereocenters. The van der Waals surface area contributed by atoms with Crippen molar-refractivity contribution in [3.8, 4) is 0 Å². The Kier molecular flexibility index (Phi) is 4.84. The van der Waals surface area contributed by atoms with E-state index in [-0.39, 0.29) is 6.04 Å². The minimum absolute atomic E-state index is 0.0315. The number of hydrogen-bond acceptors (Lipinski definition) is 2. The van der Waals surface area contributed by atoms with Gasteiger partial charge < -0.3 is 10.6 Å². The summed E-state index contributed by atoms with van der Waals surface area (Å²) >= 11 is 6.19. The fourth-order valence-electron chi connectivity index (χ4n) is 1.65. The van der Waals surface area contributed by atoms with Crippen LogP contribution in [0.5, 0.6) is 0 Å². The molecule has 0 radical (unpaired) electrons. The average molecular weight is 239 g/mol. The number of halogens is 1. The molecule has 0 aliphatic carbocycles. The largest absolute Gasteiger partial charge is 0.368 e. The zero-order chi connectivity index (χ0) is 12.1. The van der Waals surface area contributed by atoms with Gasteiger partial charge in [-0.1, -0.05) is 23.7 Å². The summed E-state index contributed by atoms with van der Waals surface area (Å²) in [4.78, 5) is 2.20. The van der Waals surface area contributed by atoms with Crippen molar-refractivity contribution in [3.05, 3.63) is 41.4 Å². The predicted octanol–water partition coefficient (Wildman–Crippen LogP) is 3.37. The van der Waals surface area contributed by atoms with E-state index in [9.17, 15) is 0 Å². The van der Waals surface area contributed by atoms with E-state index in [1.54, 1.807) is 0 Å². The quantitative estimate of drug-likeness (QED) is 0.797. The highest BCUT2D eigenvalue weighted by atomic mass is 35.5. The average Bonchev–Trinajstić information content (AvgIpc) is 2.25. The van der Waals surface area contributed by atoms with E-state index in [0.717, 1.165) is 29.4 Å². The molecule has 3 heteroatoms. The Bertz CT molecular complexity index is 361. The van der Waals surface area contributed by atoms with E-state index < -0.39 is 0 Å². The molecule has 0 bridgehead atoms. The number of anilines is 1. The van der Waals surface area contributed by atoms with Crippen LogP contribution in [0.1, 0.15) is 25.5 Å². The molecule has 1 rings (SSSR count). The zero-order valence-electron chi connectivity index (χ0n) is 9.91. The first-order valence-electron chi connectivity index (χ1n) is 5.51. The van der Waals surface area contributed by atoms with Crippen LogP contribution in [0.3, 0.4) is 0 Å². The lowest BCUT2D eigenvalue weighted by Crippen LogP contribution is -2.22. The SMILES string of the molecule is C=CCN(CC)c1ccc(C(C)N)c(Cl)c1. The highest BCUT2D eigenvalue weighted by Crippen LogP contribution is 2.26. The first-order valence-corrected chi connectivity index (χ1v) is 5.88. The molecular formula is C13H19ClN2. The van der Waals surface area contributed by atoms with Gasteiger partial charge >= 0.3 is 0 Å². The Labute approximate surface area is 103 Å². The minimum Gasteiger partial charge on any atom is -0.368 e. The summed E-state index contributed by atoms with van der Waals surface area (Å²) in [6.45, 7) is 9.54. The second-order valence-electron chi connectivity index (χ2n) is 3.82. The van der Waals surface area contributed by atoms with Gasteiger partial charge in [-0.25, -0.2) is 0 Å². The molecule has 0 saturated carbocycles. The van der Waals surface area contributed by atoms with Gasteiger partial charge in [-0.2, -0.15) is 0 Å². The van der Waals surface area contributed by atoms with Crippen molar-refractivity contribution in [3.63, 3.8) is 0 Å². The monoisotopic (exact) mass is 238 g/mol. The molecular weight excluding hydrogens is 220 g/mol. The van der Waals surface area contributed by atoms with Crippen molar-refractivity contribution in [2.75, 3.05) is 18.0 Å². The summed E-state index contributed by atoms with van der Waals surface area (Å²) in [6.07, 6.45) is 1.89. The Balaban J connectivity index is 2.99. The van der Waals surface area contributed by atoms with Crippen LogP contribution in [0, 0.1) is 0 Å². The van der Waals surface area contributed by atoms with E-state index in [2.05, 4.69) is 24.5 Å². The molecule has 1 aromatic rings. The molecule has 2 nitrogen and oxygen atoms in total. The number of benzene rings is 1. The molecule has 0 heterocycles. The van der Waals surface area contributed by atoms with Gasteiger partial charge in [-0.05, 0) is 31.5 Å². The molecule has 0 fully saturated rings. The zero-order valence-corrected chi connectivity index (χ0v) is 10.7. The third-order valence-electron chi connectivity index (χ3n) is 2.57. The van der Waals surface area contributed by atoms with Crippen LogP contribution in [0.15, 0.2) is 30.9 Å². The van der Waals surface area contributed by atoms with Gasteiger partial charge in [0, 0.05) is 29.8 Å². The molecule has 0 aromatic heterocycles. The number of nitrogens with two attached hydrogens (primary N) is 1. The normalized spacial score (nSPS) is 12.2. The Morgan fingerprint density at radius 3 is 2.69 bits per heavy atom. The highest BCUT2D eigenvalue weighted by Gasteiger charge is 2.08. The molecule has 1 aromatic carbocycles. The van der Waals surface area contributed by atoms with Gasteiger partial charge in [-0.3, -0.25) is 0 Å². The van der Waals surface area contributed by atoms with Crippen LogP contribution in [0.25, 0.3) is 0 Å². The van der Waals surface area contributed by atoms with E-state index >= 15 is 0 Å². The van der Waals surface area contributed by atoms with Crippen LogP contribution in [0.4, 0.5) is 5.69 Å². The molecule has 0 spiro atoms. The van der Waals surface area contributed by atoms with Crippen LogP contribution in [0.2, 0.25) is 5.02 Å². The van der Waals surface area contributed by atoms with Gasteiger partial charge in [-0.15, -0.1) is 6.58 Å². The van der Waals surface area contributed by atoms with Crippen LogP contribution >= 0.6 is 11.6 Å². The summed E-state index contributed by atoms with van der Waals surface area (Å²) in [5.41, 5.74) is 7.91. The smallest absolute Gasteiger partial charge is 0.0474 e. The maximum Gasteiger partial charge on any atom is 0.0474 e. The molecule has 16 heavy (non-hydrogen) atoms. The molecule has 0 aliphatic rings. The highest BCUT2D eigenvalue weighted by molar-refractivity contribution is 6.31. The Morgan fingerprint density at radius 1 is 1.56 bits per heavy atom. The Hall–Kier alpha value is -0.990. The van der Waals surface area contributed by atoms with Gasteiger partial charge in [0.1, 0.15) is 0 Å². The fraction of sp³-hybridized carbons (Fsp3) is 0.385. The summed E-state index contributed by atoms with van der Waals surface area (Å²) in [6, 6.07) is 5.98. The summed E-state index contributed by atoms with van der Waals surface area (Å²) < 4.78 is 0. The first kappa shape index (κ1) is 13.1. The summed E-state index contributed by atoms with van der Waals surface area (Å²) in [5, 5.41) is 0.731. The summed E-state index contributed by atoms with van der Waals surface area (Å²) in [7, 11) is 0. The number of hydrogen-bond donors (Lipinski definition) is 1. The second-order valence-corrected chi connectivity index (χ2v) is 4.23. The maximum atomic E-state index is 6.19. The van der Waals surface area contributed by atoms with Crippen LogP contribution < -0.4 is 10.6 Å². The first-order chi connectivity index (χ1) is 7.60. The Morgan fingerprint density at radius 2 is 2.25 bits per heavy atom. The molecule has 1 atom stereocenters. The maximum absolute atomic E-state index is 6.19. The van der Waals surface area contributed by atoms with E-state index in [0.29, 0.717) is 0 Å². The number of likely N-dealkylation sites (N-methyl/N-ethyl adjacent to an activating group) is 1. The topological polar surface area (TPSA) is 29.3 Å². The summed E-state index contributed by atoms with van der Waals surface area (Å²) in [5.74, 6) is 0. The lowest BCUT2D eigenvalue weighted by molar-refractivity contribution is 0.817. The lowest BCUT2D eigenvalue weighted by Gasteiger charge is -2.22. The van der Waals surface area contributed by atoms with E-state index in [4.69, 9.17) is 17.3 Å².